The van der Waals surface area contributed by atoms with Crippen LogP contribution in [-0.4, -0.2) is 51.8 Å². The van der Waals surface area contributed by atoms with Crippen molar-refractivity contribution in [3.63, 3.8) is 0 Å². The number of sulfone groups is 1. The van der Waals surface area contributed by atoms with E-state index < -0.39 is 9.84 Å². The summed E-state index contributed by atoms with van der Waals surface area (Å²) in [5.41, 5.74) is 0.946. The fraction of sp³-hybridized carbons (Fsp3) is 0.529. The Morgan fingerprint density at radius 3 is 2.92 bits per heavy atom. The molecule has 142 valence electrons. The Bertz CT molecular complexity index is 815. The summed E-state index contributed by atoms with van der Waals surface area (Å²) in [5.74, 6) is -0.577. The molecule has 2 aliphatic rings. The molecule has 1 saturated heterocycles. The number of aryl methyl sites for hydroxylation is 1. The first-order valence-electron chi connectivity index (χ1n) is 8.53. The minimum atomic E-state index is -3.66. The van der Waals surface area contributed by atoms with Crippen LogP contribution >= 0.6 is 0 Å². The van der Waals surface area contributed by atoms with Crippen LogP contribution in [-0.2, 0) is 24.2 Å². The fourth-order valence-corrected chi connectivity index (χ4v) is 4.52. The van der Waals surface area contributed by atoms with Crippen LogP contribution in [0.2, 0.25) is 0 Å². The second-order valence-electron chi connectivity index (χ2n) is 6.46. The van der Waals surface area contributed by atoms with E-state index in [1.165, 1.54) is 6.07 Å². The zero-order valence-electron chi connectivity index (χ0n) is 14.5. The van der Waals surface area contributed by atoms with E-state index in [4.69, 9.17) is 9.47 Å². The monoisotopic (exact) mass is 382 g/mol. The molecule has 0 aliphatic carbocycles. The molecule has 3 rings (SSSR count). The van der Waals surface area contributed by atoms with Gasteiger partial charge < -0.3 is 20.1 Å². The molecule has 1 atom stereocenters. The summed E-state index contributed by atoms with van der Waals surface area (Å²) < 4.78 is 35.9. The van der Waals surface area contributed by atoms with Gasteiger partial charge in [-0.2, -0.15) is 0 Å². The van der Waals surface area contributed by atoms with Crippen molar-refractivity contribution in [2.45, 2.75) is 37.2 Å². The summed E-state index contributed by atoms with van der Waals surface area (Å²) in [4.78, 5) is 23.4. The Hall–Kier alpha value is -2.13. The van der Waals surface area contributed by atoms with Gasteiger partial charge in [0.15, 0.2) is 16.4 Å². The average molecular weight is 382 g/mol. The highest BCUT2D eigenvalue weighted by molar-refractivity contribution is 7.91. The van der Waals surface area contributed by atoms with E-state index in [9.17, 15) is 18.0 Å². The average Bonchev–Trinajstić information content (AvgIpc) is 3.11. The van der Waals surface area contributed by atoms with Gasteiger partial charge in [0.25, 0.3) is 5.91 Å². The minimum absolute atomic E-state index is 0.0193. The maximum atomic E-state index is 12.6. The zero-order valence-corrected chi connectivity index (χ0v) is 15.4. The molecule has 1 fully saturated rings. The summed E-state index contributed by atoms with van der Waals surface area (Å²) in [7, 11) is -3.66. The Morgan fingerprint density at radius 2 is 2.19 bits per heavy atom. The van der Waals surface area contributed by atoms with Crippen LogP contribution in [0.4, 0.5) is 5.69 Å². The highest BCUT2D eigenvalue weighted by Crippen LogP contribution is 2.33. The molecule has 2 amide bonds. The van der Waals surface area contributed by atoms with Crippen LogP contribution in [0.15, 0.2) is 17.0 Å². The first-order valence-corrected chi connectivity index (χ1v) is 10.2. The minimum Gasteiger partial charge on any atom is -0.482 e. The molecule has 9 heteroatoms. The van der Waals surface area contributed by atoms with E-state index in [1.54, 1.807) is 13.0 Å². The van der Waals surface area contributed by atoms with Crippen LogP contribution in [0.3, 0.4) is 0 Å². The van der Waals surface area contributed by atoms with Crippen molar-refractivity contribution in [1.82, 2.24) is 5.32 Å². The van der Waals surface area contributed by atoms with Crippen molar-refractivity contribution >= 4 is 27.3 Å². The fourth-order valence-electron chi connectivity index (χ4n) is 3.01. The molecule has 2 aliphatic heterocycles. The summed E-state index contributed by atoms with van der Waals surface area (Å²) in [6, 6.07) is 2.97. The van der Waals surface area contributed by atoms with E-state index in [1.807, 2.05) is 0 Å². The number of anilines is 1. The Morgan fingerprint density at radius 1 is 1.38 bits per heavy atom. The molecule has 1 aromatic carbocycles. The molecule has 0 aromatic heterocycles. The highest BCUT2D eigenvalue weighted by Gasteiger charge is 2.24. The largest absolute Gasteiger partial charge is 0.482 e. The lowest BCUT2D eigenvalue weighted by molar-refractivity contribution is -0.121. The van der Waals surface area contributed by atoms with E-state index in [-0.39, 0.29) is 41.6 Å². The van der Waals surface area contributed by atoms with Gasteiger partial charge in [-0.15, -0.1) is 0 Å². The van der Waals surface area contributed by atoms with Crippen molar-refractivity contribution in [2.24, 2.45) is 0 Å². The van der Waals surface area contributed by atoms with E-state index in [2.05, 4.69) is 10.6 Å². The first-order chi connectivity index (χ1) is 12.3. The van der Waals surface area contributed by atoms with Crippen LogP contribution < -0.4 is 15.4 Å². The van der Waals surface area contributed by atoms with Gasteiger partial charge in [-0.05, 0) is 31.4 Å². The van der Waals surface area contributed by atoms with Crippen molar-refractivity contribution in [2.75, 3.05) is 30.8 Å². The van der Waals surface area contributed by atoms with E-state index in [0.717, 1.165) is 12.8 Å². The number of hydrogen-bond donors (Lipinski definition) is 2. The summed E-state index contributed by atoms with van der Waals surface area (Å²) in [6.07, 6.45) is 1.78. The number of fused-ring (bicyclic) bond motifs is 1. The van der Waals surface area contributed by atoms with Crippen LogP contribution in [0, 0.1) is 6.92 Å². The number of carbonyl (C=O) groups is 2. The zero-order chi connectivity index (χ0) is 18.7. The molecule has 8 nitrogen and oxygen atoms in total. The third-order valence-electron chi connectivity index (χ3n) is 4.39. The van der Waals surface area contributed by atoms with Crippen molar-refractivity contribution in [3.05, 3.63) is 17.7 Å². The Balaban J connectivity index is 1.62. The number of rotatable bonds is 6. The quantitative estimate of drug-likeness (QED) is 0.752. The van der Waals surface area contributed by atoms with Gasteiger partial charge in [-0.1, -0.05) is 0 Å². The van der Waals surface area contributed by atoms with Gasteiger partial charge in [0, 0.05) is 25.6 Å². The maximum absolute atomic E-state index is 12.6. The lowest BCUT2D eigenvalue weighted by Crippen LogP contribution is -2.32. The molecular weight excluding hydrogens is 360 g/mol. The standard InChI is InChI=1S/C17H22N2O6S/c1-11-7-13-14(25-10-17(21)19-13)8-15(11)26(22,23)6-4-16(20)18-9-12-3-2-5-24-12/h7-8,12H,2-6,9-10H2,1H3,(H,18,20)(H,19,21). The predicted molar refractivity (Wildman–Crippen MR) is 94.0 cm³/mol. The number of amides is 2. The third kappa shape index (κ3) is 4.34. The van der Waals surface area contributed by atoms with Crippen LogP contribution in [0.5, 0.6) is 5.75 Å². The summed E-state index contributed by atoms with van der Waals surface area (Å²) >= 11 is 0. The molecule has 0 radical (unpaired) electrons. The van der Waals surface area contributed by atoms with Crippen molar-refractivity contribution in [3.8, 4) is 5.75 Å². The van der Waals surface area contributed by atoms with E-state index >= 15 is 0 Å². The first kappa shape index (κ1) is 18.7. The highest BCUT2D eigenvalue weighted by atomic mass is 32.2. The molecule has 26 heavy (non-hydrogen) atoms. The number of carbonyl (C=O) groups excluding carboxylic acids is 2. The molecule has 1 aromatic rings. The van der Waals surface area contributed by atoms with Crippen molar-refractivity contribution < 1.29 is 27.5 Å². The molecule has 0 bridgehead atoms. The Labute approximate surface area is 152 Å². The van der Waals surface area contributed by atoms with E-state index in [0.29, 0.717) is 30.2 Å². The van der Waals surface area contributed by atoms with Gasteiger partial charge in [-0.25, -0.2) is 8.42 Å². The third-order valence-corrected chi connectivity index (χ3v) is 6.25. The lowest BCUT2D eigenvalue weighted by atomic mass is 10.2. The topological polar surface area (TPSA) is 111 Å². The second-order valence-corrected chi connectivity index (χ2v) is 8.54. The Kier molecular flexibility index (Phi) is 5.47. The number of nitrogens with one attached hydrogen (secondary N) is 2. The molecule has 2 N–H and O–H groups in total. The molecule has 2 heterocycles. The van der Waals surface area contributed by atoms with Crippen LogP contribution in [0.1, 0.15) is 24.8 Å². The molecular formula is C17H22N2O6S. The van der Waals surface area contributed by atoms with Gasteiger partial charge >= 0.3 is 0 Å². The normalized spacial score (nSPS) is 19.4. The van der Waals surface area contributed by atoms with Gasteiger partial charge in [0.05, 0.1) is 22.4 Å². The molecule has 0 saturated carbocycles. The van der Waals surface area contributed by atoms with Crippen LogP contribution in [0.25, 0.3) is 0 Å². The van der Waals surface area contributed by atoms with Crippen molar-refractivity contribution in [1.29, 1.82) is 0 Å². The summed E-state index contributed by atoms with van der Waals surface area (Å²) in [6.45, 7) is 2.60. The van der Waals surface area contributed by atoms with Gasteiger partial charge in [0.1, 0.15) is 5.75 Å². The maximum Gasteiger partial charge on any atom is 0.262 e. The smallest absolute Gasteiger partial charge is 0.262 e. The molecule has 0 spiro atoms. The lowest BCUT2D eigenvalue weighted by Gasteiger charge is -2.20. The number of ether oxygens (including phenoxy) is 2. The molecule has 1 unspecified atom stereocenters. The van der Waals surface area contributed by atoms with Gasteiger partial charge in [0.2, 0.25) is 5.91 Å². The second kappa shape index (κ2) is 7.63. The SMILES string of the molecule is Cc1cc2c(cc1S(=O)(=O)CCC(=O)NCC1CCCO1)OCC(=O)N2. The van der Waals surface area contributed by atoms with Gasteiger partial charge in [-0.3, -0.25) is 9.59 Å². The number of hydrogen-bond acceptors (Lipinski definition) is 6. The number of benzene rings is 1. The predicted octanol–water partition coefficient (Wildman–Crippen LogP) is 0.785. The summed E-state index contributed by atoms with van der Waals surface area (Å²) in [5, 5.41) is 5.36.